The number of amides is 1. The predicted octanol–water partition coefficient (Wildman–Crippen LogP) is 3.60. The number of carbonyl (C=O) groups is 1. The van der Waals surface area contributed by atoms with Crippen LogP contribution < -0.4 is 0 Å². The summed E-state index contributed by atoms with van der Waals surface area (Å²) in [4.78, 5) is 19.9. The van der Waals surface area contributed by atoms with Crippen molar-refractivity contribution in [1.82, 2.24) is 9.88 Å². The average molecular weight is 328 g/mol. The van der Waals surface area contributed by atoms with E-state index >= 15 is 0 Å². The number of hydrogen-bond acceptors (Lipinski definition) is 4. The lowest BCUT2D eigenvalue weighted by molar-refractivity contribution is -0.0947. The summed E-state index contributed by atoms with van der Waals surface area (Å²) in [5, 5.41) is 0.901. The zero-order chi connectivity index (χ0) is 15.7. The van der Waals surface area contributed by atoms with Gasteiger partial charge in [-0.1, -0.05) is 43.2 Å². The second kappa shape index (κ2) is 6.06. The summed E-state index contributed by atoms with van der Waals surface area (Å²) in [5.41, 5.74) is 0.978. The maximum Gasteiger partial charge on any atom is 0.265 e. The number of morpholine rings is 1. The van der Waals surface area contributed by atoms with Crippen LogP contribution in [-0.4, -0.2) is 41.1 Å². The molecule has 1 saturated carbocycles. The molecule has 0 bridgehead atoms. The fraction of sp³-hybridized carbons (Fsp3) is 0.444. The monoisotopic (exact) mass is 328 g/mol. The Morgan fingerprint density at radius 3 is 2.78 bits per heavy atom. The highest BCUT2D eigenvalue weighted by Crippen LogP contribution is 2.36. The van der Waals surface area contributed by atoms with Crippen molar-refractivity contribution < 1.29 is 9.53 Å². The molecule has 1 aliphatic heterocycles. The van der Waals surface area contributed by atoms with Gasteiger partial charge >= 0.3 is 0 Å². The molecular weight excluding hydrogens is 308 g/mol. The molecular formula is C18H20N2O2S. The zero-order valence-corrected chi connectivity index (χ0v) is 13.8. The SMILES string of the molecule is O=C(c1cnc(-c2ccccc2)s1)N1CCOC2(CCCC2)C1. The molecule has 5 heteroatoms. The van der Waals surface area contributed by atoms with E-state index in [1.165, 1.54) is 24.2 Å². The van der Waals surface area contributed by atoms with Gasteiger partial charge in [0.05, 0.1) is 24.9 Å². The average Bonchev–Trinajstić information content (AvgIpc) is 3.25. The highest BCUT2D eigenvalue weighted by molar-refractivity contribution is 7.16. The first kappa shape index (κ1) is 14.8. The van der Waals surface area contributed by atoms with Crippen molar-refractivity contribution in [2.75, 3.05) is 19.7 Å². The van der Waals surface area contributed by atoms with Gasteiger partial charge in [0.15, 0.2) is 0 Å². The molecule has 1 aromatic carbocycles. The summed E-state index contributed by atoms with van der Waals surface area (Å²) in [6.07, 6.45) is 6.29. The molecule has 4 rings (SSSR count). The van der Waals surface area contributed by atoms with E-state index in [1.54, 1.807) is 6.20 Å². The second-order valence-corrected chi connectivity index (χ2v) is 7.39. The Bertz CT molecular complexity index is 692. The molecule has 1 spiro atoms. The van der Waals surface area contributed by atoms with Gasteiger partial charge in [-0.05, 0) is 12.8 Å². The van der Waals surface area contributed by atoms with Gasteiger partial charge in [-0.25, -0.2) is 4.98 Å². The van der Waals surface area contributed by atoms with Crippen LogP contribution in [0.3, 0.4) is 0 Å². The van der Waals surface area contributed by atoms with Crippen LogP contribution >= 0.6 is 11.3 Å². The number of carbonyl (C=O) groups excluding carboxylic acids is 1. The lowest BCUT2D eigenvalue weighted by Gasteiger charge is -2.40. The third kappa shape index (κ3) is 2.91. The predicted molar refractivity (Wildman–Crippen MR) is 90.6 cm³/mol. The highest BCUT2D eigenvalue weighted by Gasteiger charge is 2.40. The normalized spacial score (nSPS) is 20.1. The van der Waals surface area contributed by atoms with Crippen LogP contribution in [0.4, 0.5) is 0 Å². The molecule has 0 radical (unpaired) electrons. The topological polar surface area (TPSA) is 42.4 Å². The Hall–Kier alpha value is -1.72. The molecule has 2 aliphatic rings. The first-order chi connectivity index (χ1) is 11.3. The number of thiazole rings is 1. The van der Waals surface area contributed by atoms with E-state index < -0.39 is 0 Å². The van der Waals surface area contributed by atoms with Gasteiger partial charge in [0.25, 0.3) is 5.91 Å². The third-order valence-electron chi connectivity index (χ3n) is 4.79. The summed E-state index contributed by atoms with van der Waals surface area (Å²) in [6.45, 7) is 2.06. The van der Waals surface area contributed by atoms with Gasteiger partial charge in [-0.2, -0.15) is 0 Å². The lowest BCUT2D eigenvalue weighted by Crippen LogP contribution is -2.52. The number of rotatable bonds is 2. The van der Waals surface area contributed by atoms with Crippen LogP contribution in [0.15, 0.2) is 36.5 Å². The Labute approximate surface area is 140 Å². The minimum absolute atomic E-state index is 0.0825. The van der Waals surface area contributed by atoms with Crippen molar-refractivity contribution in [3.63, 3.8) is 0 Å². The van der Waals surface area contributed by atoms with E-state index in [-0.39, 0.29) is 11.5 Å². The Morgan fingerprint density at radius 1 is 1.22 bits per heavy atom. The smallest absolute Gasteiger partial charge is 0.265 e. The summed E-state index contributed by atoms with van der Waals surface area (Å²) in [6, 6.07) is 10.0. The highest BCUT2D eigenvalue weighted by atomic mass is 32.1. The molecule has 0 unspecified atom stereocenters. The molecule has 2 heterocycles. The van der Waals surface area contributed by atoms with Crippen molar-refractivity contribution in [3.8, 4) is 10.6 Å². The Kier molecular flexibility index (Phi) is 3.91. The van der Waals surface area contributed by atoms with Crippen LogP contribution in [0.5, 0.6) is 0 Å². The van der Waals surface area contributed by atoms with Gasteiger partial charge < -0.3 is 9.64 Å². The number of hydrogen-bond donors (Lipinski definition) is 0. The molecule has 0 atom stereocenters. The number of benzene rings is 1. The fourth-order valence-electron chi connectivity index (χ4n) is 3.58. The molecule has 2 fully saturated rings. The molecule has 0 N–H and O–H groups in total. The molecule has 1 aliphatic carbocycles. The van der Waals surface area contributed by atoms with Crippen LogP contribution in [0.1, 0.15) is 35.4 Å². The van der Waals surface area contributed by atoms with E-state index in [9.17, 15) is 4.79 Å². The van der Waals surface area contributed by atoms with Crippen LogP contribution in [0.2, 0.25) is 0 Å². The van der Waals surface area contributed by atoms with Crippen molar-refractivity contribution in [1.29, 1.82) is 0 Å². The van der Waals surface area contributed by atoms with E-state index in [2.05, 4.69) is 4.98 Å². The summed E-state index contributed by atoms with van der Waals surface area (Å²) in [5.74, 6) is 0.0965. The van der Waals surface area contributed by atoms with Crippen LogP contribution in [0.25, 0.3) is 10.6 Å². The molecule has 120 valence electrons. The maximum atomic E-state index is 12.8. The van der Waals surface area contributed by atoms with E-state index in [0.717, 1.165) is 34.8 Å². The standard InChI is InChI=1S/C18H20N2O2S/c21-17(20-10-11-22-18(13-20)8-4-5-9-18)15-12-19-16(23-15)14-6-2-1-3-7-14/h1-3,6-7,12H,4-5,8-11,13H2. The van der Waals surface area contributed by atoms with Crippen LogP contribution in [-0.2, 0) is 4.74 Å². The van der Waals surface area contributed by atoms with Gasteiger partial charge in [-0.3, -0.25) is 4.79 Å². The van der Waals surface area contributed by atoms with E-state index in [1.807, 2.05) is 35.2 Å². The van der Waals surface area contributed by atoms with E-state index in [0.29, 0.717) is 13.2 Å². The third-order valence-corrected chi connectivity index (χ3v) is 5.82. The molecule has 1 amide bonds. The molecule has 23 heavy (non-hydrogen) atoms. The van der Waals surface area contributed by atoms with Crippen molar-refractivity contribution in [2.24, 2.45) is 0 Å². The Balaban J connectivity index is 1.52. The largest absolute Gasteiger partial charge is 0.371 e. The summed E-state index contributed by atoms with van der Waals surface area (Å²) in [7, 11) is 0. The summed E-state index contributed by atoms with van der Waals surface area (Å²) < 4.78 is 6.01. The quantitative estimate of drug-likeness (QED) is 0.846. The van der Waals surface area contributed by atoms with Gasteiger partial charge in [0.1, 0.15) is 9.88 Å². The molecule has 4 nitrogen and oxygen atoms in total. The number of aromatic nitrogens is 1. The summed E-state index contributed by atoms with van der Waals surface area (Å²) >= 11 is 1.48. The van der Waals surface area contributed by atoms with Gasteiger partial charge in [-0.15, -0.1) is 11.3 Å². The first-order valence-corrected chi connectivity index (χ1v) is 9.02. The minimum Gasteiger partial charge on any atom is -0.371 e. The maximum absolute atomic E-state index is 12.8. The van der Waals surface area contributed by atoms with Gasteiger partial charge in [0.2, 0.25) is 0 Å². The molecule has 1 aromatic heterocycles. The first-order valence-electron chi connectivity index (χ1n) is 8.20. The molecule has 2 aromatic rings. The van der Waals surface area contributed by atoms with Gasteiger partial charge in [0, 0.05) is 12.1 Å². The van der Waals surface area contributed by atoms with Crippen molar-refractivity contribution >= 4 is 17.2 Å². The Morgan fingerprint density at radius 2 is 2.00 bits per heavy atom. The fourth-order valence-corrected chi connectivity index (χ4v) is 4.47. The van der Waals surface area contributed by atoms with E-state index in [4.69, 9.17) is 4.74 Å². The minimum atomic E-state index is -0.0825. The lowest BCUT2D eigenvalue weighted by atomic mass is 9.99. The van der Waals surface area contributed by atoms with Crippen molar-refractivity contribution in [2.45, 2.75) is 31.3 Å². The number of ether oxygens (including phenoxy) is 1. The van der Waals surface area contributed by atoms with Crippen molar-refractivity contribution in [3.05, 3.63) is 41.4 Å². The van der Waals surface area contributed by atoms with Crippen LogP contribution in [0, 0.1) is 0 Å². The molecule has 1 saturated heterocycles. The number of nitrogens with zero attached hydrogens (tertiary/aromatic N) is 2. The second-order valence-electron chi connectivity index (χ2n) is 6.36. The zero-order valence-electron chi connectivity index (χ0n) is 13.0.